The number of nitrogens with one attached hydrogen (secondary N) is 1. The Bertz CT molecular complexity index is 1020. The van der Waals surface area contributed by atoms with Crippen molar-refractivity contribution in [3.63, 3.8) is 0 Å². The van der Waals surface area contributed by atoms with Crippen LogP contribution in [-0.4, -0.2) is 23.2 Å². The van der Waals surface area contributed by atoms with Crippen LogP contribution < -0.4 is 5.32 Å². The van der Waals surface area contributed by atoms with Gasteiger partial charge in [0.15, 0.2) is 0 Å². The second kappa shape index (κ2) is 9.01. The van der Waals surface area contributed by atoms with E-state index in [0.717, 1.165) is 53.8 Å². The van der Waals surface area contributed by atoms with E-state index >= 15 is 0 Å². The van der Waals surface area contributed by atoms with Crippen molar-refractivity contribution in [3.8, 4) is 0 Å². The molecule has 1 aliphatic heterocycles. The molecule has 0 amide bonds. The molecule has 0 saturated carbocycles. The third kappa shape index (κ3) is 4.87. The molecule has 2 aromatic rings. The molecule has 1 N–H and O–H groups in total. The van der Waals surface area contributed by atoms with Crippen LogP contribution in [-0.2, 0) is 13.0 Å². The van der Waals surface area contributed by atoms with E-state index in [4.69, 9.17) is 16.6 Å². The Balaban J connectivity index is 1.63. The lowest BCUT2D eigenvalue weighted by Crippen LogP contribution is -2.36. The van der Waals surface area contributed by atoms with E-state index in [1.807, 2.05) is 12.1 Å². The number of halogens is 1. The summed E-state index contributed by atoms with van der Waals surface area (Å²) < 4.78 is 2.33. The van der Waals surface area contributed by atoms with Crippen molar-refractivity contribution in [1.29, 1.82) is 0 Å². The van der Waals surface area contributed by atoms with Gasteiger partial charge in [0, 0.05) is 28.6 Å². The smallest absolute Gasteiger partial charge is 0.129 e. The molecular weight excluding hydrogens is 422 g/mol. The predicted octanol–water partition coefficient (Wildman–Crippen LogP) is 6.86. The zero-order chi connectivity index (χ0) is 22.2. The summed E-state index contributed by atoms with van der Waals surface area (Å²) in [6.45, 7) is 16.2. The molecule has 0 aromatic heterocycles. The molecule has 5 heteroatoms. The second-order valence-corrected chi connectivity index (χ2v) is 10.9. The van der Waals surface area contributed by atoms with E-state index in [-0.39, 0.29) is 11.5 Å². The van der Waals surface area contributed by atoms with E-state index in [2.05, 4.69) is 68.2 Å². The Labute approximate surface area is 196 Å². The minimum Gasteiger partial charge on any atom is -0.363 e. The van der Waals surface area contributed by atoms with Crippen LogP contribution in [0.1, 0.15) is 68.0 Å². The van der Waals surface area contributed by atoms with Gasteiger partial charge in [0.25, 0.3) is 0 Å². The lowest BCUT2D eigenvalue weighted by molar-refractivity contribution is 0.272. The van der Waals surface area contributed by atoms with E-state index in [0.29, 0.717) is 0 Å². The quantitative estimate of drug-likeness (QED) is 0.484. The summed E-state index contributed by atoms with van der Waals surface area (Å²) in [5.41, 5.74) is 6.60. The van der Waals surface area contributed by atoms with Crippen molar-refractivity contribution >= 4 is 34.3 Å². The summed E-state index contributed by atoms with van der Waals surface area (Å²) in [5.74, 6) is 0.966. The maximum atomic E-state index is 6.28. The normalized spacial score (nSPS) is 19.0. The molecule has 0 bridgehead atoms. The number of aliphatic imine (C=N–C) groups is 1. The molecule has 1 heterocycles. The summed E-state index contributed by atoms with van der Waals surface area (Å²) in [5, 5.41) is 4.54. The number of rotatable bonds is 6. The minimum atomic E-state index is 0.216. The Morgan fingerprint density at radius 2 is 1.94 bits per heavy atom. The molecule has 1 atom stereocenters. The van der Waals surface area contributed by atoms with Crippen LogP contribution in [0.2, 0.25) is 5.02 Å². The van der Waals surface area contributed by atoms with Gasteiger partial charge in [0.1, 0.15) is 5.84 Å². The largest absolute Gasteiger partial charge is 0.363 e. The Kier molecular flexibility index (Phi) is 6.52. The Morgan fingerprint density at radius 1 is 1.19 bits per heavy atom. The average molecular weight is 454 g/mol. The number of hydrogen-bond acceptors (Lipinski definition) is 4. The highest BCUT2D eigenvalue weighted by atomic mass is 35.5. The van der Waals surface area contributed by atoms with E-state index in [9.17, 15) is 0 Å². The van der Waals surface area contributed by atoms with Crippen LogP contribution in [0.4, 0.5) is 0 Å². The standard InChI is InChI=1S/C26H32ClN3S/c1-6-30(7-2)31-17(3)18-8-9-19-14-26(4,5)15-24(22(19)12-18)29-25-23-13-21(27)11-10-20(23)16-28-25/h8-13,24H,3,6-7,14-16H2,1-2,4-5H3,(H,28,29). The molecule has 1 aliphatic carbocycles. The monoisotopic (exact) mass is 453 g/mol. The number of benzene rings is 2. The Hall–Kier alpha value is -1.75. The van der Waals surface area contributed by atoms with Gasteiger partial charge in [-0.1, -0.05) is 64.1 Å². The topological polar surface area (TPSA) is 27.6 Å². The molecular formula is C26H32ClN3S. The minimum absolute atomic E-state index is 0.216. The molecule has 0 saturated heterocycles. The van der Waals surface area contributed by atoms with Crippen LogP contribution in [0.5, 0.6) is 0 Å². The fourth-order valence-corrected chi connectivity index (χ4v) is 5.61. The first kappa shape index (κ1) is 22.4. The van der Waals surface area contributed by atoms with Gasteiger partial charge < -0.3 is 5.32 Å². The molecule has 3 nitrogen and oxygen atoms in total. The number of fused-ring (bicyclic) bond motifs is 2. The summed E-state index contributed by atoms with van der Waals surface area (Å²) in [4.78, 5) is 5.90. The molecule has 0 spiro atoms. The van der Waals surface area contributed by atoms with Crippen molar-refractivity contribution in [1.82, 2.24) is 9.62 Å². The van der Waals surface area contributed by atoms with Gasteiger partial charge in [-0.2, -0.15) is 0 Å². The van der Waals surface area contributed by atoms with Gasteiger partial charge in [0.05, 0.1) is 12.6 Å². The highest BCUT2D eigenvalue weighted by Crippen LogP contribution is 2.43. The lowest BCUT2D eigenvalue weighted by Gasteiger charge is -2.38. The van der Waals surface area contributed by atoms with Crippen molar-refractivity contribution in [2.24, 2.45) is 10.4 Å². The maximum Gasteiger partial charge on any atom is 0.129 e. The Morgan fingerprint density at radius 3 is 2.68 bits per heavy atom. The van der Waals surface area contributed by atoms with Crippen LogP contribution in [0.3, 0.4) is 0 Å². The van der Waals surface area contributed by atoms with E-state index in [1.54, 1.807) is 11.9 Å². The van der Waals surface area contributed by atoms with E-state index < -0.39 is 0 Å². The van der Waals surface area contributed by atoms with Crippen molar-refractivity contribution < 1.29 is 0 Å². The van der Waals surface area contributed by atoms with Crippen molar-refractivity contribution in [2.75, 3.05) is 13.1 Å². The molecule has 1 unspecified atom stereocenters. The highest BCUT2D eigenvalue weighted by molar-refractivity contribution is 8.06. The first-order valence-corrected chi connectivity index (χ1v) is 12.3. The zero-order valence-corrected chi connectivity index (χ0v) is 20.5. The lowest BCUT2D eigenvalue weighted by atomic mass is 9.71. The highest BCUT2D eigenvalue weighted by Gasteiger charge is 2.34. The predicted molar refractivity (Wildman–Crippen MR) is 136 cm³/mol. The van der Waals surface area contributed by atoms with Crippen molar-refractivity contribution in [3.05, 3.63) is 75.8 Å². The first-order valence-electron chi connectivity index (χ1n) is 11.1. The van der Waals surface area contributed by atoms with Gasteiger partial charge in [-0.15, -0.1) is 0 Å². The van der Waals surface area contributed by atoms with Crippen LogP contribution in [0, 0.1) is 5.41 Å². The summed E-state index contributed by atoms with van der Waals surface area (Å²) in [6, 6.07) is 13.2. The number of nitrogens with zero attached hydrogens (tertiary/aromatic N) is 2. The SMILES string of the molecule is C=C(SN(CC)CC)c1ccc2c(c1)C(NC1=NCc3ccc(Cl)cc31)CC(C)(C)C2. The van der Waals surface area contributed by atoms with Crippen molar-refractivity contribution in [2.45, 2.75) is 53.1 Å². The van der Waals surface area contributed by atoms with Gasteiger partial charge in [-0.05, 0) is 70.7 Å². The first-order chi connectivity index (χ1) is 14.8. The van der Waals surface area contributed by atoms with Crippen LogP contribution in [0.15, 0.2) is 48.0 Å². The van der Waals surface area contributed by atoms with Crippen LogP contribution in [0.25, 0.3) is 4.91 Å². The van der Waals surface area contributed by atoms with Gasteiger partial charge in [-0.3, -0.25) is 4.99 Å². The van der Waals surface area contributed by atoms with Crippen LogP contribution >= 0.6 is 23.5 Å². The summed E-state index contributed by atoms with van der Waals surface area (Å²) in [7, 11) is 0. The molecule has 0 fully saturated rings. The average Bonchev–Trinajstić information content (AvgIpc) is 3.12. The fraction of sp³-hybridized carbons (Fsp3) is 0.423. The molecule has 2 aliphatic rings. The van der Waals surface area contributed by atoms with E-state index in [1.165, 1.54) is 22.3 Å². The molecule has 164 valence electrons. The molecule has 31 heavy (non-hydrogen) atoms. The van der Waals surface area contributed by atoms with Gasteiger partial charge in [-0.25, -0.2) is 4.31 Å². The second-order valence-electron chi connectivity index (χ2n) is 9.25. The molecule has 4 rings (SSSR count). The zero-order valence-electron chi connectivity index (χ0n) is 19.0. The molecule has 2 aromatic carbocycles. The summed E-state index contributed by atoms with van der Waals surface area (Å²) in [6.07, 6.45) is 2.15. The number of hydrogen-bond donors (Lipinski definition) is 1. The molecule has 0 radical (unpaired) electrons. The van der Waals surface area contributed by atoms with Gasteiger partial charge >= 0.3 is 0 Å². The number of amidine groups is 1. The summed E-state index contributed by atoms with van der Waals surface area (Å²) >= 11 is 8.03. The third-order valence-electron chi connectivity index (χ3n) is 6.26. The third-order valence-corrected chi connectivity index (χ3v) is 7.72. The van der Waals surface area contributed by atoms with Gasteiger partial charge in [0.2, 0.25) is 0 Å². The maximum absolute atomic E-state index is 6.28. The fourth-order valence-electron chi connectivity index (χ4n) is 4.64.